The fourth-order valence-electron chi connectivity index (χ4n) is 2.16. The number of hydrogen-bond acceptors (Lipinski definition) is 2. The molecule has 0 aliphatic rings. The first-order chi connectivity index (χ1) is 10.1. The number of carboxylic acids is 1. The lowest BCUT2D eigenvalue weighted by atomic mass is 10.2. The van der Waals surface area contributed by atoms with Gasteiger partial charge >= 0.3 is 5.97 Å². The van der Waals surface area contributed by atoms with Crippen LogP contribution in [0.2, 0.25) is 0 Å². The molecule has 0 fully saturated rings. The van der Waals surface area contributed by atoms with Gasteiger partial charge in [0.15, 0.2) is 0 Å². The van der Waals surface area contributed by atoms with E-state index >= 15 is 0 Å². The quantitative estimate of drug-likeness (QED) is 0.770. The maximum atomic E-state index is 13.1. The van der Waals surface area contributed by atoms with Gasteiger partial charge in [0.05, 0.1) is 0 Å². The van der Waals surface area contributed by atoms with E-state index in [1.807, 2.05) is 0 Å². The van der Waals surface area contributed by atoms with Crippen molar-refractivity contribution in [1.82, 2.24) is 4.98 Å². The lowest BCUT2D eigenvalue weighted by Gasteiger charge is -2.07. The summed E-state index contributed by atoms with van der Waals surface area (Å²) in [5.74, 6) is -0.785. The lowest BCUT2D eigenvalue weighted by Crippen LogP contribution is -1.96. The van der Waals surface area contributed by atoms with E-state index in [2.05, 4.69) is 4.98 Å². The van der Waals surface area contributed by atoms with Crippen molar-refractivity contribution in [2.24, 2.45) is 0 Å². The van der Waals surface area contributed by atoms with Gasteiger partial charge in [-0.25, -0.2) is 9.18 Å². The Labute approximate surface area is 119 Å². The molecule has 0 amide bonds. The third-order valence-electron chi connectivity index (χ3n) is 3.14. The summed E-state index contributed by atoms with van der Waals surface area (Å²) in [6, 6.07) is 13.0. The van der Waals surface area contributed by atoms with Crippen LogP contribution < -0.4 is 4.74 Å². The van der Waals surface area contributed by atoms with Gasteiger partial charge in [-0.15, -0.1) is 0 Å². The summed E-state index contributed by atoms with van der Waals surface area (Å²) in [5.41, 5.74) is 1.50. The molecule has 2 aromatic carbocycles. The Morgan fingerprint density at radius 1 is 1.19 bits per heavy atom. The number of aromatic amines is 1. The minimum absolute atomic E-state index is 0.104. The summed E-state index contributed by atoms with van der Waals surface area (Å²) in [6.45, 7) is 0.213. The first kappa shape index (κ1) is 13.2. The number of carbonyl (C=O) groups is 1. The van der Waals surface area contributed by atoms with Crippen molar-refractivity contribution in [3.8, 4) is 5.75 Å². The number of benzene rings is 2. The van der Waals surface area contributed by atoms with Crippen molar-refractivity contribution >= 4 is 16.9 Å². The van der Waals surface area contributed by atoms with Crippen molar-refractivity contribution in [3.63, 3.8) is 0 Å². The van der Waals surface area contributed by atoms with E-state index < -0.39 is 5.97 Å². The van der Waals surface area contributed by atoms with E-state index in [4.69, 9.17) is 9.84 Å². The molecule has 0 atom stereocenters. The van der Waals surface area contributed by atoms with E-state index in [1.165, 1.54) is 18.2 Å². The first-order valence-electron chi connectivity index (χ1n) is 6.36. The highest BCUT2D eigenvalue weighted by Crippen LogP contribution is 2.27. The molecule has 0 aliphatic heterocycles. The molecule has 1 aromatic heterocycles. The Hall–Kier alpha value is -2.82. The molecule has 0 bridgehead atoms. The maximum absolute atomic E-state index is 13.1. The van der Waals surface area contributed by atoms with Gasteiger partial charge in [-0.1, -0.05) is 18.2 Å². The Balaban J connectivity index is 1.88. The molecule has 0 radical (unpaired) electrons. The molecule has 5 heteroatoms. The minimum Gasteiger partial charge on any atom is -0.488 e. The molecule has 0 aliphatic carbocycles. The summed E-state index contributed by atoms with van der Waals surface area (Å²) >= 11 is 0. The van der Waals surface area contributed by atoms with Crippen LogP contribution >= 0.6 is 0 Å². The van der Waals surface area contributed by atoms with Gasteiger partial charge in [-0.2, -0.15) is 0 Å². The molecule has 4 nitrogen and oxygen atoms in total. The highest BCUT2D eigenvalue weighted by atomic mass is 19.1. The summed E-state index contributed by atoms with van der Waals surface area (Å²) in [5, 5.41) is 9.69. The van der Waals surface area contributed by atoms with Crippen LogP contribution in [0, 0.1) is 5.82 Å². The molecule has 106 valence electrons. The largest absolute Gasteiger partial charge is 0.488 e. The maximum Gasteiger partial charge on any atom is 0.352 e. The SMILES string of the molecule is O=C(O)c1cc2c(OCc3cccc(F)c3)cccc2[nH]1. The average Bonchev–Trinajstić information content (AvgIpc) is 2.90. The smallest absolute Gasteiger partial charge is 0.352 e. The number of carboxylic acid groups (broad SMARTS) is 1. The molecule has 2 N–H and O–H groups in total. The zero-order valence-electron chi connectivity index (χ0n) is 11.0. The molecule has 21 heavy (non-hydrogen) atoms. The zero-order chi connectivity index (χ0) is 14.8. The predicted octanol–water partition coefficient (Wildman–Crippen LogP) is 3.58. The van der Waals surface area contributed by atoms with E-state index in [0.29, 0.717) is 22.2 Å². The molecule has 0 unspecified atom stereocenters. The van der Waals surface area contributed by atoms with Crippen LogP contribution in [-0.4, -0.2) is 16.1 Å². The Bertz CT molecular complexity index is 810. The van der Waals surface area contributed by atoms with Gasteiger partial charge in [0.25, 0.3) is 0 Å². The van der Waals surface area contributed by atoms with Gasteiger partial charge < -0.3 is 14.8 Å². The van der Waals surface area contributed by atoms with Crippen molar-refractivity contribution in [2.45, 2.75) is 6.61 Å². The Morgan fingerprint density at radius 3 is 2.76 bits per heavy atom. The fraction of sp³-hybridized carbons (Fsp3) is 0.0625. The van der Waals surface area contributed by atoms with Crippen LogP contribution in [0.3, 0.4) is 0 Å². The standard InChI is InChI=1S/C16H12FNO3/c17-11-4-1-3-10(7-11)9-21-15-6-2-5-13-12(15)8-14(18-13)16(19)20/h1-8,18H,9H2,(H,19,20). The molecule has 3 rings (SSSR count). The second-order valence-electron chi connectivity index (χ2n) is 4.62. The first-order valence-corrected chi connectivity index (χ1v) is 6.36. The van der Waals surface area contributed by atoms with E-state index in [-0.39, 0.29) is 18.1 Å². The fourth-order valence-corrected chi connectivity index (χ4v) is 2.16. The molecular weight excluding hydrogens is 273 g/mol. The van der Waals surface area contributed by atoms with Crippen molar-refractivity contribution < 1.29 is 19.0 Å². The number of nitrogens with one attached hydrogen (secondary N) is 1. The minimum atomic E-state index is -1.03. The molecular formula is C16H12FNO3. The van der Waals surface area contributed by atoms with Crippen molar-refractivity contribution in [2.75, 3.05) is 0 Å². The van der Waals surface area contributed by atoms with E-state index in [9.17, 15) is 9.18 Å². The van der Waals surface area contributed by atoms with Gasteiger partial charge in [-0.3, -0.25) is 0 Å². The molecule has 0 spiro atoms. The topological polar surface area (TPSA) is 62.3 Å². The highest BCUT2D eigenvalue weighted by Gasteiger charge is 2.11. The van der Waals surface area contributed by atoms with Gasteiger partial charge in [0.2, 0.25) is 0 Å². The number of H-pyrrole nitrogens is 1. The number of aromatic nitrogens is 1. The summed E-state index contributed by atoms with van der Waals surface area (Å²) in [6.07, 6.45) is 0. The lowest BCUT2D eigenvalue weighted by molar-refractivity contribution is 0.0691. The zero-order valence-corrected chi connectivity index (χ0v) is 11.0. The highest BCUT2D eigenvalue weighted by molar-refractivity contribution is 5.96. The van der Waals surface area contributed by atoms with Gasteiger partial charge in [0.1, 0.15) is 23.9 Å². The Morgan fingerprint density at radius 2 is 2.00 bits per heavy atom. The Kier molecular flexibility index (Phi) is 3.31. The van der Waals surface area contributed by atoms with Crippen LogP contribution in [0.15, 0.2) is 48.5 Å². The van der Waals surface area contributed by atoms with Crippen LogP contribution in [0.25, 0.3) is 10.9 Å². The third kappa shape index (κ3) is 2.72. The molecule has 0 saturated heterocycles. The predicted molar refractivity (Wildman–Crippen MR) is 76.0 cm³/mol. The summed E-state index contributed by atoms with van der Waals surface area (Å²) < 4.78 is 18.8. The number of hydrogen-bond donors (Lipinski definition) is 2. The third-order valence-corrected chi connectivity index (χ3v) is 3.14. The van der Waals surface area contributed by atoms with Crippen LogP contribution in [0.5, 0.6) is 5.75 Å². The molecule has 0 saturated carbocycles. The number of aromatic carboxylic acids is 1. The number of rotatable bonds is 4. The van der Waals surface area contributed by atoms with Crippen molar-refractivity contribution in [1.29, 1.82) is 0 Å². The van der Waals surface area contributed by atoms with Crippen LogP contribution in [-0.2, 0) is 6.61 Å². The van der Waals surface area contributed by atoms with Crippen LogP contribution in [0.4, 0.5) is 4.39 Å². The van der Waals surface area contributed by atoms with Gasteiger partial charge in [-0.05, 0) is 35.9 Å². The number of fused-ring (bicyclic) bond motifs is 1. The summed E-state index contributed by atoms with van der Waals surface area (Å²) in [4.78, 5) is 13.8. The number of ether oxygens (including phenoxy) is 1. The van der Waals surface area contributed by atoms with Crippen LogP contribution in [0.1, 0.15) is 16.1 Å². The molecule has 3 aromatic rings. The number of halogens is 1. The normalized spacial score (nSPS) is 10.7. The monoisotopic (exact) mass is 285 g/mol. The molecule has 1 heterocycles. The second kappa shape index (κ2) is 5.28. The summed E-state index contributed by atoms with van der Waals surface area (Å²) in [7, 11) is 0. The van der Waals surface area contributed by atoms with E-state index in [1.54, 1.807) is 30.3 Å². The van der Waals surface area contributed by atoms with E-state index in [0.717, 1.165) is 0 Å². The van der Waals surface area contributed by atoms with Gasteiger partial charge in [0, 0.05) is 10.9 Å². The second-order valence-corrected chi connectivity index (χ2v) is 4.62. The van der Waals surface area contributed by atoms with Crippen molar-refractivity contribution in [3.05, 3.63) is 65.6 Å². The average molecular weight is 285 g/mol.